The molecule has 0 spiro atoms. The van der Waals surface area contributed by atoms with Gasteiger partial charge in [-0.25, -0.2) is 13.1 Å². The van der Waals surface area contributed by atoms with Gasteiger partial charge in [0.1, 0.15) is 4.21 Å². The second-order valence-corrected chi connectivity index (χ2v) is 8.16. The fourth-order valence-corrected chi connectivity index (χ4v) is 4.43. The maximum Gasteiger partial charge on any atom is 0.250 e. The Labute approximate surface area is 133 Å². The van der Waals surface area contributed by atoms with Gasteiger partial charge in [-0.1, -0.05) is 6.07 Å². The van der Waals surface area contributed by atoms with Crippen LogP contribution in [0.15, 0.2) is 21.7 Å². The van der Waals surface area contributed by atoms with Crippen LogP contribution in [0.25, 0.3) is 0 Å². The van der Waals surface area contributed by atoms with Gasteiger partial charge in [-0.05, 0) is 17.9 Å². The minimum Gasteiger partial charge on any atom is -0.396 e. The van der Waals surface area contributed by atoms with E-state index >= 15 is 0 Å². The molecular weight excluding hydrogens is 328 g/mol. The molecule has 2 rings (SSSR count). The number of carbonyl (C=O) groups excluding carboxylic acids is 1. The molecule has 0 aromatic carbocycles. The van der Waals surface area contributed by atoms with E-state index in [0.717, 1.165) is 11.3 Å². The van der Waals surface area contributed by atoms with Crippen LogP contribution in [0.3, 0.4) is 0 Å². The van der Waals surface area contributed by atoms with Crippen molar-refractivity contribution in [3.05, 3.63) is 17.5 Å². The highest BCUT2D eigenvalue weighted by Crippen LogP contribution is 2.18. The van der Waals surface area contributed by atoms with Crippen molar-refractivity contribution in [3.63, 3.8) is 0 Å². The summed E-state index contributed by atoms with van der Waals surface area (Å²) in [6, 6.07) is 3.15. The van der Waals surface area contributed by atoms with Crippen molar-refractivity contribution >= 4 is 27.3 Å². The molecule has 2 heterocycles. The molecule has 1 aliphatic rings. The first kappa shape index (κ1) is 17.4. The molecule has 1 aromatic rings. The van der Waals surface area contributed by atoms with E-state index in [1.807, 2.05) is 0 Å². The Bertz CT molecular complexity index is 588. The third-order valence-corrected chi connectivity index (χ3v) is 6.56. The first-order valence-corrected chi connectivity index (χ1v) is 9.40. The fourth-order valence-electron chi connectivity index (χ4n) is 2.36. The van der Waals surface area contributed by atoms with E-state index in [1.54, 1.807) is 11.4 Å². The number of likely N-dealkylation sites (tertiary alicyclic amines) is 1. The molecule has 22 heavy (non-hydrogen) atoms. The average Bonchev–Trinajstić information content (AvgIpc) is 3.02. The van der Waals surface area contributed by atoms with Gasteiger partial charge in [0.15, 0.2) is 0 Å². The number of sulfonamides is 1. The summed E-state index contributed by atoms with van der Waals surface area (Å²) < 4.78 is 26.4. The zero-order valence-corrected chi connectivity index (χ0v) is 13.6. The van der Waals surface area contributed by atoms with E-state index in [0.29, 0.717) is 13.0 Å². The lowest BCUT2D eigenvalue weighted by molar-refractivity contribution is -0.136. The van der Waals surface area contributed by atoms with Gasteiger partial charge in [-0.2, -0.15) is 0 Å². The standard InChI is InChI=1S/C13H20N2O5S2/c16-9-10-4-6-15(8-11(10)17)12(18)3-5-14-22(19,20)13-2-1-7-21-13/h1-2,7,10-11,14,16-17H,3-6,8-9H2. The summed E-state index contributed by atoms with van der Waals surface area (Å²) in [6.07, 6.45) is -0.142. The van der Waals surface area contributed by atoms with Gasteiger partial charge in [0.05, 0.1) is 6.10 Å². The maximum atomic E-state index is 12.0. The molecule has 124 valence electrons. The molecule has 3 N–H and O–H groups in total. The van der Waals surface area contributed by atoms with Crippen LogP contribution in [0, 0.1) is 5.92 Å². The number of piperidine rings is 1. The summed E-state index contributed by atoms with van der Waals surface area (Å²) in [7, 11) is -3.55. The minimum absolute atomic E-state index is 0.0229. The number of hydrogen-bond acceptors (Lipinski definition) is 6. The number of thiophene rings is 1. The normalized spacial score (nSPS) is 22.7. The highest BCUT2D eigenvalue weighted by Gasteiger charge is 2.29. The van der Waals surface area contributed by atoms with Crippen LogP contribution in [-0.4, -0.2) is 61.8 Å². The maximum absolute atomic E-state index is 12.0. The van der Waals surface area contributed by atoms with E-state index in [9.17, 15) is 18.3 Å². The molecule has 0 saturated carbocycles. The van der Waals surface area contributed by atoms with Crippen LogP contribution in [0.1, 0.15) is 12.8 Å². The number of rotatable bonds is 6. The topological polar surface area (TPSA) is 107 Å². The smallest absolute Gasteiger partial charge is 0.250 e. The Morgan fingerprint density at radius 1 is 1.50 bits per heavy atom. The van der Waals surface area contributed by atoms with Crippen molar-refractivity contribution in [2.45, 2.75) is 23.2 Å². The largest absolute Gasteiger partial charge is 0.396 e. The molecule has 7 nitrogen and oxygen atoms in total. The number of amides is 1. The predicted octanol–water partition coefficient (Wildman–Crippen LogP) is -0.382. The van der Waals surface area contributed by atoms with Crippen LogP contribution < -0.4 is 4.72 Å². The van der Waals surface area contributed by atoms with Gasteiger partial charge in [0.2, 0.25) is 15.9 Å². The Kier molecular flexibility index (Phi) is 5.93. The average molecular weight is 348 g/mol. The second kappa shape index (κ2) is 7.51. The summed E-state index contributed by atoms with van der Waals surface area (Å²) in [6.45, 7) is 0.583. The van der Waals surface area contributed by atoms with Crippen LogP contribution in [0.4, 0.5) is 0 Å². The molecule has 1 aromatic heterocycles. The molecular formula is C13H20N2O5S2. The summed E-state index contributed by atoms with van der Waals surface area (Å²) in [4.78, 5) is 13.5. The molecule has 1 saturated heterocycles. The molecule has 1 fully saturated rings. The van der Waals surface area contributed by atoms with E-state index in [-0.39, 0.29) is 42.2 Å². The van der Waals surface area contributed by atoms with E-state index in [4.69, 9.17) is 5.11 Å². The van der Waals surface area contributed by atoms with Crippen LogP contribution >= 0.6 is 11.3 Å². The second-order valence-electron chi connectivity index (χ2n) is 5.22. The third kappa shape index (κ3) is 4.26. The van der Waals surface area contributed by atoms with Crippen LogP contribution in [0.5, 0.6) is 0 Å². The van der Waals surface area contributed by atoms with Crippen molar-refractivity contribution in [2.75, 3.05) is 26.2 Å². The Morgan fingerprint density at radius 2 is 2.27 bits per heavy atom. The number of β-amino-alcohol motifs (C(OH)–C–C–N with tert-alkyl or cyclic N) is 1. The monoisotopic (exact) mass is 348 g/mol. The van der Waals surface area contributed by atoms with Crippen molar-refractivity contribution in [1.82, 2.24) is 9.62 Å². The molecule has 1 aliphatic heterocycles. The van der Waals surface area contributed by atoms with E-state index < -0.39 is 16.1 Å². The number of nitrogens with one attached hydrogen (secondary N) is 1. The Balaban J connectivity index is 1.79. The zero-order valence-electron chi connectivity index (χ0n) is 12.0. The van der Waals surface area contributed by atoms with Crippen molar-refractivity contribution in [2.24, 2.45) is 5.92 Å². The molecule has 0 radical (unpaired) electrons. The Morgan fingerprint density at radius 3 is 2.86 bits per heavy atom. The number of aliphatic hydroxyl groups is 2. The SMILES string of the molecule is O=C(CCNS(=O)(=O)c1cccs1)N1CCC(CO)C(O)C1. The van der Waals surface area contributed by atoms with E-state index in [1.165, 1.54) is 11.0 Å². The lowest BCUT2D eigenvalue weighted by atomic mass is 9.94. The van der Waals surface area contributed by atoms with E-state index in [2.05, 4.69) is 4.72 Å². The van der Waals surface area contributed by atoms with Crippen molar-refractivity contribution in [3.8, 4) is 0 Å². The number of carbonyl (C=O) groups is 1. The first-order chi connectivity index (χ1) is 10.4. The lowest BCUT2D eigenvalue weighted by Gasteiger charge is -2.35. The number of hydrogen-bond donors (Lipinski definition) is 3. The van der Waals surface area contributed by atoms with Crippen LogP contribution in [0.2, 0.25) is 0 Å². The molecule has 1 amide bonds. The van der Waals surface area contributed by atoms with Crippen molar-refractivity contribution in [1.29, 1.82) is 0 Å². The quantitative estimate of drug-likeness (QED) is 0.650. The van der Waals surface area contributed by atoms with Gasteiger partial charge in [0.25, 0.3) is 0 Å². The molecule has 0 aliphatic carbocycles. The van der Waals surface area contributed by atoms with Crippen molar-refractivity contribution < 1.29 is 23.4 Å². The van der Waals surface area contributed by atoms with Crippen LogP contribution in [-0.2, 0) is 14.8 Å². The highest BCUT2D eigenvalue weighted by molar-refractivity contribution is 7.91. The lowest BCUT2D eigenvalue weighted by Crippen LogP contribution is -2.48. The molecule has 9 heteroatoms. The fraction of sp³-hybridized carbons (Fsp3) is 0.615. The molecule has 0 bridgehead atoms. The van der Waals surface area contributed by atoms with Gasteiger partial charge in [-0.3, -0.25) is 4.79 Å². The minimum atomic E-state index is -3.55. The summed E-state index contributed by atoms with van der Waals surface area (Å²) in [5.74, 6) is -0.397. The number of nitrogens with zero attached hydrogens (tertiary/aromatic N) is 1. The Hall–Kier alpha value is -1.00. The van der Waals surface area contributed by atoms with Gasteiger partial charge in [0, 0.05) is 38.6 Å². The third-order valence-electron chi connectivity index (χ3n) is 3.70. The van der Waals surface area contributed by atoms with Gasteiger partial charge < -0.3 is 15.1 Å². The van der Waals surface area contributed by atoms with Gasteiger partial charge in [-0.15, -0.1) is 11.3 Å². The zero-order chi connectivity index (χ0) is 16.2. The summed E-state index contributed by atoms with van der Waals surface area (Å²) in [5, 5.41) is 20.5. The molecule has 2 unspecified atom stereocenters. The highest BCUT2D eigenvalue weighted by atomic mass is 32.2. The van der Waals surface area contributed by atoms with Gasteiger partial charge >= 0.3 is 0 Å². The summed E-state index contributed by atoms with van der Waals surface area (Å²) >= 11 is 1.12. The first-order valence-electron chi connectivity index (χ1n) is 7.04. The number of aliphatic hydroxyl groups excluding tert-OH is 2. The molecule has 2 atom stereocenters. The summed E-state index contributed by atoms with van der Waals surface area (Å²) in [5.41, 5.74) is 0. The predicted molar refractivity (Wildman–Crippen MR) is 81.9 cm³/mol.